The van der Waals surface area contributed by atoms with Crippen LogP contribution < -0.4 is 0 Å². The van der Waals surface area contributed by atoms with E-state index in [2.05, 4.69) is 4.98 Å². The van der Waals surface area contributed by atoms with Crippen LogP contribution in [0.2, 0.25) is 0 Å². The van der Waals surface area contributed by atoms with Crippen LogP contribution in [0.3, 0.4) is 0 Å². The summed E-state index contributed by atoms with van der Waals surface area (Å²) in [6.07, 6.45) is 2.98. The Kier molecular flexibility index (Phi) is 3.55. The molecule has 0 saturated heterocycles. The normalized spacial score (nSPS) is 11.4. The number of nitrogens with one attached hydrogen (secondary N) is 1. The summed E-state index contributed by atoms with van der Waals surface area (Å²) in [4.78, 5) is 15.5. The average molecular weight is 290 g/mol. The van der Waals surface area contributed by atoms with Gasteiger partial charge in [0, 0.05) is 22.7 Å². The smallest absolute Gasteiger partial charge is 0.205 e. The molecule has 0 radical (unpaired) electrons. The Labute approximate surface area is 126 Å². The minimum Gasteiger partial charge on any atom is -0.360 e. The highest BCUT2D eigenvalue weighted by Gasteiger charge is 2.16. The van der Waals surface area contributed by atoms with E-state index in [1.165, 1.54) is 24.3 Å². The van der Waals surface area contributed by atoms with Crippen LogP contribution in [0.4, 0.5) is 4.39 Å². The number of allylic oxidation sites excluding steroid dienone is 1. The number of halogens is 1. The van der Waals surface area contributed by atoms with Crippen molar-refractivity contribution in [3.05, 3.63) is 77.2 Å². The molecule has 106 valence electrons. The number of aromatic amines is 1. The summed E-state index contributed by atoms with van der Waals surface area (Å²) in [6.45, 7) is 0. The predicted octanol–water partition coefficient (Wildman–Crippen LogP) is 4.10. The van der Waals surface area contributed by atoms with Gasteiger partial charge in [0.15, 0.2) is 0 Å². The second-order valence-corrected chi connectivity index (χ2v) is 4.80. The monoisotopic (exact) mass is 290 g/mol. The van der Waals surface area contributed by atoms with Gasteiger partial charge in [-0.2, -0.15) is 5.26 Å². The van der Waals surface area contributed by atoms with E-state index in [0.29, 0.717) is 11.1 Å². The lowest BCUT2D eigenvalue weighted by Crippen LogP contribution is -2.01. The second-order valence-electron chi connectivity index (χ2n) is 4.80. The molecule has 0 unspecified atom stereocenters. The van der Waals surface area contributed by atoms with E-state index in [9.17, 15) is 14.4 Å². The first-order chi connectivity index (χ1) is 10.7. The highest BCUT2D eigenvalue weighted by atomic mass is 19.1. The van der Waals surface area contributed by atoms with Gasteiger partial charge < -0.3 is 4.98 Å². The topological polar surface area (TPSA) is 56.6 Å². The highest BCUT2D eigenvalue weighted by Crippen LogP contribution is 2.21. The number of aromatic nitrogens is 1. The third kappa shape index (κ3) is 2.52. The molecule has 1 N–H and O–H groups in total. The number of nitrogens with zero attached hydrogens (tertiary/aromatic N) is 1. The van der Waals surface area contributed by atoms with Crippen molar-refractivity contribution in [1.82, 2.24) is 4.98 Å². The summed E-state index contributed by atoms with van der Waals surface area (Å²) >= 11 is 0. The maximum atomic E-state index is 13.2. The second kappa shape index (κ2) is 5.66. The Balaban J connectivity index is 2.04. The van der Waals surface area contributed by atoms with E-state index >= 15 is 0 Å². The van der Waals surface area contributed by atoms with Gasteiger partial charge in [-0.1, -0.05) is 30.3 Å². The number of hydrogen-bond donors (Lipinski definition) is 1. The number of para-hydroxylation sites is 1. The number of Topliss-reactive ketones (excluding diaryl/α,β-unsaturated/α-hetero) is 1. The van der Waals surface area contributed by atoms with Gasteiger partial charge >= 0.3 is 0 Å². The van der Waals surface area contributed by atoms with Crippen LogP contribution in [0.1, 0.15) is 15.9 Å². The zero-order valence-corrected chi connectivity index (χ0v) is 11.5. The van der Waals surface area contributed by atoms with Crippen LogP contribution in [0.5, 0.6) is 0 Å². The number of carbonyl (C=O) groups excluding carboxylic acids is 1. The van der Waals surface area contributed by atoms with Gasteiger partial charge in [-0.3, -0.25) is 4.79 Å². The molecule has 22 heavy (non-hydrogen) atoms. The van der Waals surface area contributed by atoms with Crippen LogP contribution in [-0.2, 0) is 0 Å². The first-order valence-electron chi connectivity index (χ1n) is 6.67. The van der Waals surface area contributed by atoms with Crippen LogP contribution in [-0.4, -0.2) is 10.8 Å². The Bertz CT molecular complexity index is 931. The first kappa shape index (κ1) is 13.8. The summed E-state index contributed by atoms with van der Waals surface area (Å²) in [5, 5.41) is 10.0. The largest absolute Gasteiger partial charge is 0.360 e. The SMILES string of the molecule is N#C/C(=C\c1cccc(F)c1)C(=O)c1c[nH]c2ccccc12. The van der Waals surface area contributed by atoms with E-state index in [4.69, 9.17) is 0 Å². The molecular weight excluding hydrogens is 279 g/mol. The first-order valence-corrected chi connectivity index (χ1v) is 6.67. The standard InChI is InChI=1S/C18H11FN2O/c19-14-5-3-4-12(9-14)8-13(10-20)18(22)16-11-21-17-7-2-1-6-15(16)17/h1-9,11,21H/b13-8+. The van der Waals surface area contributed by atoms with Gasteiger partial charge in [-0.05, 0) is 29.8 Å². The molecule has 0 bridgehead atoms. The summed E-state index contributed by atoms with van der Waals surface area (Å²) < 4.78 is 13.2. The molecule has 0 fully saturated rings. The lowest BCUT2D eigenvalue weighted by Gasteiger charge is -1.99. The number of hydrogen-bond acceptors (Lipinski definition) is 2. The van der Waals surface area contributed by atoms with Crippen molar-refractivity contribution in [3.63, 3.8) is 0 Å². The molecular formula is C18H11FN2O. The lowest BCUT2D eigenvalue weighted by molar-refractivity contribution is 0.104. The Hall–Kier alpha value is -3.19. The van der Waals surface area contributed by atoms with Crippen molar-refractivity contribution >= 4 is 22.8 Å². The van der Waals surface area contributed by atoms with Crippen molar-refractivity contribution < 1.29 is 9.18 Å². The Morgan fingerprint density at radius 2 is 2.00 bits per heavy atom. The number of H-pyrrole nitrogens is 1. The minimum atomic E-state index is -0.411. The maximum absolute atomic E-state index is 13.2. The molecule has 4 heteroatoms. The molecule has 3 nitrogen and oxygen atoms in total. The Morgan fingerprint density at radius 1 is 1.18 bits per heavy atom. The molecule has 3 aromatic rings. The molecule has 3 rings (SSSR count). The van der Waals surface area contributed by atoms with Gasteiger partial charge in [-0.25, -0.2) is 4.39 Å². The molecule has 0 aliphatic rings. The van der Waals surface area contributed by atoms with Crippen LogP contribution in [0.15, 0.2) is 60.3 Å². The molecule has 1 heterocycles. The molecule has 0 aliphatic carbocycles. The number of carbonyl (C=O) groups is 1. The van der Waals surface area contributed by atoms with Gasteiger partial charge in [0.25, 0.3) is 0 Å². The molecule has 0 saturated carbocycles. The van der Waals surface area contributed by atoms with Gasteiger partial charge in [0.2, 0.25) is 5.78 Å². The van der Waals surface area contributed by atoms with Gasteiger partial charge in [-0.15, -0.1) is 0 Å². The molecule has 1 aromatic heterocycles. The van der Waals surface area contributed by atoms with E-state index < -0.39 is 5.82 Å². The molecule has 0 atom stereocenters. The third-order valence-corrected chi connectivity index (χ3v) is 3.36. The van der Waals surface area contributed by atoms with Gasteiger partial charge in [0.1, 0.15) is 17.5 Å². The van der Waals surface area contributed by atoms with Crippen LogP contribution in [0.25, 0.3) is 17.0 Å². The number of benzene rings is 2. The van der Waals surface area contributed by atoms with Crippen molar-refractivity contribution in [3.8, 4) is 6.07 Å². The van der Waals surface area contributed by atoms with Crippen LogP contribution >= 0.6 is 0 Å². The molecule has 0 aliphatic heterocycles. The fourth-order valence-corrected chi connectivity index (χ4v) is 2.32. The molecule has 0 spiro atoms. The van der Waals surface area contributed by atoms with E-state index in [1.807, 2.05) is 30.3 Å². The van der Waals surface area contributed by atoms with Crippen molar-refractivity contribution in [1.29, 1.82) is 5.26 Å². The van der Waals surface area contributed by atoms with Crippen molar-refractivity contribution in [2.75, 3.05) is 0 Å². The summed E-state index contributed by atoms with van der Waals surface area (Å²) in [5.41, 5.74) is 1.70. The van der Waals surface area contributed by atoms with E-state index in [0.717, 1.165) is 10.9 Å². The third-order valence-electron chi connectivity index (χ3n) is 3.36. The molecule has 0 amide bonds. The van der Waals surface area contributed by atoms with Crippen LogP contribution in [0, 0.1) is 17.1 Å². The summed E-state index contributed by atoms with van der Waals surface area (Å²) in [6, 6.07) is 15.0. The molecule has 2 aromatic carbocycles. The van der Waals surface area contributed by atoms with E-state index in [1.54, 1.807) is 12.3 Å². The minimum absolute atomic E-state index is 0.0321. The number of fused-ring (bicyclic) bond motifs is 1. The fourth-order valence-electron chi connectivity index (χ4n) is 2.32. The summed E-state index contributed by atoms with van der Waals surface area (Å²) in [7, 11) is 0. The number of nitriles is 1. The Morgan fingerprint density at radius 3 is 2.77 bits per heavy atom. The highest BCUT2D eigenvalue weighted by molar-refractivity contribution is 6.19. The number of rotatable bonds is 3. The zero-order chi connectivity index (χ0) is 15.5. The lowest BCUT2D eigenvalue weighted by atomic mass is 10.0. The summed E-state index contributed by atoms with van der Waals surface area (Å²) in [5.74, 6) is -0.796. The average Bonchev–Trinajstić information content (AvgIpc) is 2.96. The van der Waals surface area contributed by atoms with Gasteiger partial charge in [0.05, 0.1) is 0 Å². The maximum Gasteiger partial charge on any atom is 0.205 e. The quantitative estimate of drug-likeness (QED) is 0.448. The van der Waals surface area contributed by atoms with Crippen molar-refractivity contribution in [2.24, 2.45) is 0 Å². The zero-order valence-electron chi connectivity index (χ0n) is 11.5. The van der Waals surface area contributed by atoms with Crippen molar-refractivity contribution in [2.45, 2.75) is 0 Å². The number of ketones is 1. The fraction of sp³-hybridized carbons (Fsp3) is 0. The predicted molar refractivity (Wildman–Crippen MR) is 82.6 cm³/mol. The van der Waals surface area contributed by atoms with E-state index in [-0.39, 0.29) is 11.4 Å².